The van der Waals surface area contributed by atoms with Crippen molar-refractivity contribution >= 4 is 5.97 Å². The van der Waals surface area contributed by atoms with Gasteiger partial charge in [-0.1, -0.05) is 18.2 Å². The van der Waals surface area contributed by atoms with E-state index >= 15 is 0 Å². The van der Waals surface area contributed by atoms with Crippen LogP contribution in [0.4, 0.5) is 13.2 Å². The van der Waals surface area contributed by atoms with E-state index in [9.17, 15) is 18.0 Å². The van der Waals surface area contributed by atoms with Crippen LogP contribution in [-0.2, 0) is 15.8 Å². The molecule has 0 saturated carbocycles. The molecule has 0 aliphatic heterocycles. The second-order valence-electron chi connectivity index (χ2n) is 3.31. The first-order valence-electron chi connectivity index (χ1n) is 4.58. The molecule has 17 heavy (non-hydrogen) atoms. The van der Waals surface area contributed by atoms with E-state index in [2.05, 4.69) is 4.84 Å². The summed E-state index contributed by atoms with van der Waals surface area (Å²) in [5, 5.41) is 8.85. The number of aliphatic carboxylic acids is 1. The van der Waals surface area contributed by atoms with Crippen LogP contribution >= 0.6 is 0 Å². The lowest BCUT2D eigenvalue weighted by Gasteiger charge is -2.17. The fourth-order valence-corrected chi connectivity index (χ4v) is 1.45. The van der Waals surface area contributed by atoms with E-state index in [1.807, 2.05) is 0 Å². The van der Waals surface area contributed by atoms with Gasteiger partial charge in [0, 0.05) is 0 Å². The van der Waals surface area contributed by atoms with Gasteiger partial charge in [0.1, 0.15) is 5.92 Å². The summed E-state index contributed by atoms with van der Waals surface area (Å²) in [7, 11) is 0. The molecule has 4 nitrogen and oxygen atoms in total. The molecule has 0 fully saturated rings. The topological polar surface area (TPSA) is 72.5 Å². The van der Waals surface area contributed by atoms with Gasteiger partial charge in [0.2, 0.25) is 0 Å². The number of halogens is 3. The second-order valence-corrected chi connectivity index (χ2v) is 3.31. The molecule has 0 spiro atoms. The Morgan fingerprint density at radius 2 is 2.00 bits per heavy atom. The SMILES string of the molecule is NOCC(C(=O)O)c1ccccc1C(F)(F)F. The van der Waals surface area contributed by atoms with Crippen LogP contribution in [0.2, 0.25) is 0 Å². The van der Waals surface area contributed by atoms with Gasteiger partial charge in [-0.15, -0.1) is 0 Å². The number of rotatable bonds is 4. The van der Waals surface area contributed by atoms with Crippen LogP contribution < -0.4 is 5.90 Å². The highest BCUT2D eigenvalue weighted by atomic mass is 19.4. The first-order valence-corrected chi connectivity index (χ1v) is 4.58. The number of carbonyl (C=O) groups is 1. The number of carboxylic acids is 1. The van der Waals surface area contributed by atoms with Gasteiger partial charge in [-0.05, 0) is 11.6 Å². The lowest BCUT2D eigenvalue weighted by Crippen LogP contribution is -2.23. The van der Waals surface area contributed by atoms with E-state index in [1.54, 1.807) is 0 Å². The summed E-state index contributed by atoms with van der Waals surface area (Å²) in [6.07, 6.45) is -4.61. The summed E-state index contributed by atoms with van der Waals surface area (Å²) in [4.78, 5) is 15.0. The Bertz CT molecular complexity index is 406. The molecule has 0 aromatic heterocycles. The van der Waals surface area contributed by atoms with Crippen LogP contribution in [-0.4, -0.2) is 17.7 Å². The molecule has 0 aliphatic rings. The summed E-state index contributed by atoms with van der Waals surface area (Å²) in [5.74, 6) is 1.85. The second kappa shape index (κ2) is 5.15. The van der Waals surface area contributed by atoms with E-state index < -0.39 is 30.2 Å². The van der Waals surface area contributed by atoms with Crippen molar-refractivity contribution in [3.8, 4) is 0 Å². The van der Waals surface area contributed by atoms with Gasteiger partial charge in [-0.3, -0.25) is 4.79 Å². The minimum absolute atomic E-state index is 0.363. The van der Waals surface area contributed by atoms with Gasteiger partial charge < -0.3 is 9.94 Å². The lowest BCUT2D eigenvalue weighted by atomic mass is 9.94. The van der Waals surface area contributed by atoms with Crippen molar-refractivity contribution in [3.05, 3.63) is 35.4 Å². The molecule has 0 aliphatic carbocycles. The summed E-state index contributed by atoms with van der Waals surface area (Å²) >= 11 is 0. The maximum absolute atomic E-state index is 12.6. The third kappa shape index (κ3) is 3.18. The molecule has 0 bridgehead atoms. The molecule has 0 amide bonds. The highest BCUT2D eigenvalue weighted by molar-refractivity contribution is 5.77. The molecule has 1 aromatic carbocycles. The maximum Gasteiger partial charge on any atom is 0.416 e. The van der Waals surface area contributed by atoms with E-state index in [1.165, 1.54) is 12.1 Å². The van der Waals surface area contributed by atoms with Crippen molar-refractivity contribution in [2.45, 2.75) is 12.1 Å². The first-order chi connectivity index (χ1) is 7.88. The largest absolute Gasteiger partial charge is 0.481 e. The average molecular weight is 249 g/mol. The molecule has 0 radical (unpaired) electrons. The highest BCUT2D eigenvalue weighted by Crippen LogP contribution is 2.35. The van der Waals surface area contributed by atoms with Crippen molar-refractivity contribution in [2.75, 3.05) is 6.61 Å². The van der Waals surface area contributed by atoms with E-state index in [-0.39, 0.29) is 5.56 Å². The molecule has 1 atom stereocenters. The zero-order valence-corrected chi connectivity index (χ0v) is 8.57. The Kier molecular flexibility index (Phi) is 4.08. The Labute approximate surface area is 94.8 Å². The predicted octanol–water partition coefficient (Wildman–Crippen LogP) is 1.76. The summed E-state index contributed by atoms with van der Waals surface area (Å²) in [6, 6.07) is 4.44. The third-order valence-corrected chi connectivity index (χ3v) is 2.20. The molecule has 1 unspecified atom stereocenters. The van der Waals surface area contributed by atoms with Crippen LogP contribution in [0.5, 0.6) is 0 Å². The van der Waals surface area contributed by atoms with Crippen molar-refractivity contribution in [1.82, 2.24) is 0 Å². The van der Waals surface area contributed by atoms with Crippen molar-refractivity contribution in [2.24, 2.45) is 5.90 Å². The molecule has 1 aromatic rings. The van der Waals surface area contributed by atoms with Gasteiger partial charge in [0.15, 0.2) is 0 Å². The van der Waals surface area contributed by atoms with Crippen molar-refractivity contribution in [1.29, 1.82) is 0 Å². The molecular weight excluding hydrogens is 239 g/mol. The van der Waals surface area contributed by atoms with Crippen LogP contribution in [0.25, 0.3) is 0 Å². The zero-order valence-electron chi connectivity index (χ0n) is 8.57. The molecule has 1 rings (SSSR count). The minimum atomic E-state index is -4.61. The van der Waals surface area contributed by atoms with Gasteiger partial charge in [-0.25, -0.2) is 5.90 Å². The number of carboxylic acid groups (broad SMARTS) is 1. The van der Waals surface area contributed by atoms with Crippen molar-refractivity contribution in [3.63, 3.8) is 0 Å². The Balaban J connectivity index is 3.23. The van der Waals surface area contributed by atoms with Crippen LogP contribution in [0, 0.1) is 0 Å². The van der Waals surface area contributed by atoms with Crippen LogP contribution in [0.15, 0.2) is 24.3 Å². The molecule has 0 heterocycles. The molecular formula is C10H10F3NO3. The molecule has 94 valence electrons. The smallest absolute Gasteiger partial charge is 0.416 e. The molecule has 3 N–H and O–H groups in total. The van der Waals surface area contributed by atoms with Crippen molar-refractivity contribution < 1.29 is 27.9 Å². The highest BCUT2D eigenvalue weighted by Gasteiger charge is 2.36. The number of nitrogens with two attached hydrogens (primary N) is 1. The Morgan fingerprint density at radius 3 is 2.47 bits per heavy atom. The quantitative estimate of drug-likeness (QED) is 0.797. The first kappa shape index (κ1) is 13.5. The predicted molar refractivity (Wildman–Crippen MR) is 52.0 cm³/mol. The number of hydrogen-bond donors (Lipinski definition) is 2. The minimum Gasteiger partial charge on any atom is -0.481 e. The van der Waals surface area contributed by atoms with E-state index in [0.29, 0.717) is 0 Å². The standard InChI is InChI=1S/C10H10F3NO3/c11-10(12,13)8-4-2-1-3-6(8)7(5-17-14)9(15)16/h1-4,7H,5,14H2,(H,15,16). The Hall–Kier alpha value is -1.60. The number of hydrogen-bond acceptors (Lipinski definition) is 3. The normalized spacial score (nSPS) is 13.4. The average Bonchev–Trinajstić information content (AvgIpc) is 2.24. The number of benzene rings is 1. The fourth-order valence-electron chi connectivity index (χ4n) is 1.45. The van der Waals surface area contributed by atoms with E-state index in [0.717, 1.165) is 12.1 Å². The van der Waals surface area contributed by atoms with Gasteiger partial charge in [0.05, 0.1) is 12.2 Å². The zero-order chi connectivity index (χ0) is 13.1. The molecule has 7 heteroatoms. The summed E-state index contributed by atoms with van der Waals surface area (Å²) < 4.78 is 37.9. The Morgan fingerprint density at radius 1 is 1.41 bits per heavy atom. The van der Waals surface area contributed by atoms with Gasteiger partial charge >= 0.3 is 12.1 Å². The fraction of sp³-hybridized carbons (Fsp3) is 0.300. The third-order valence-electron chi connectivity index (χ3n) is 2.20. The van der Waals surface area contributed by atoms with Gasteiger partial charge in [-0.2, -0.15) is 13.2 Å². The molecule has 0 saturated heterocycles. The monoisotopic (exact) mass is 249 g/mol. The summed E-state index contributed by atoms with van der Waals surface area (Å²) in [5.41, 5.74) is -1.36. The van der Waals surface area contributed by atoms with Crippen LogP contribution in [0.1, 0.15) is 17.0 Å². The lowest BCUT2D eigenvalue weighted by molar-refractivity contribution is -0.142. The summed E-state index contributed by atoms with van der Waals surface area (Å²) in [6.45, 7) is -0.525. The van der Waals surface area contributed by atoms with E-state index in [4.69, 9.17) is 11.0 Å². The number of alkyl halides is 3. The van der Waals surface area contributed by atoms with Gasteiger partial charge in [0.25, 0.3) is 0 Å². The maximum atomic E-state index is 12.6. The van der Waals surface area contributed by atoms with Crippen LogP contribution in [0.3, 0.4) is 0 Å².